The van der Waals surface area contributed by atoms with Gasteiger partial charge in [-0.25, -0.2) is 9.97 Å². The summed E-state index contributed by atoms with van der Waals surface area (Å²) in [6, 6.07) is 10.9. The Morgan fingerprint density at radius 3 is 1.94 bits per heavy atom. The molecule has 5 rings (SSSR count). The fourth-order valence-electron chi connectivity index (χ4n) is 5.64. The summed E-state index contributed by atoms with van der Waals surface area (Å²) in [5.74, 6) is -1.02. The Morgan fingerprint density at radius 2 is 1.36 bits per heavy atom. The number of hydrogen-bond acceptors (Lipinski definition) is 7. The highest BCUT2D eigenvalue weighted by Crippen LogP contribution is 2.40. The Morgan fingerprint density at radius 1 is 0.774 bits per heavy atom. The molecule has 3 aromatic carbocycles. The molecule has 1 saturated heterocycles. The first-order valence-corrected chi connectivity index (χ1v) is 16.6. The van der Waals surface area contributed by atoms with Crippen LogP contribution in [0.5, 0.6) is 5.75 Å². The molecular weight excluding hydrogens is 743 g/mol. The number of halogens is 10. The first-order chi connectivity index (χ1) is 25.0. The Kier molecular flexibility index (Phi) is 12.4. The lowest BCUT2D eigenvalue weighted by Crippen LogP contribution is -2.33. The third-order valence-electron chi connectivity index (χ3n) is 8.34. The number of alkyl halides is 9. The number of carbonyl (C=O) groups is 1. The zero-order valence-corrected chi connectivity index (χ0v) is 28.5. The van der Waals surface area contributed by atoms with Gasteiger partial charge in [-0.15, -0.1) is 0 Å². The van der Waals surface area contributed by atoms with Crippen LogP contribution in [0.15, 0.2) is 73.1 Å². The van der Waals surface area contributed by atoms with Crippen molar-refractivity contribution in [3.05, 3.63) is 117 Å². The molecule has 2 heterocycles. The Hall–Kier alpha value is -4.57. The number of aromatic nitrogens is 2. The highest BCUT2D eigenvalue weighted by Gasteiger charge is 2.37. The third-order valence-corrected chi connectivity index (χ3v) is 8.62. The zero-order chi connectivity index (χ0) is 38.4. The van der Waals surface area contributed by atoms with Crippen LogP contribution in [-0.4, -0.2) is 35.6 Å². The highest BCUT2D eigenvalue weighted by molar-refractivity contribution is 6.32. The monoisotopic (exact) mass is 774 g/mol. The fraction of sp³-hybridized carbons (Fsp3) is 0.361. The van der Waals surface area contributed by atoms with Crippen molar-refractivity contribution in [2.45, 2.75) is 57.5 Å². The van der Waals surface area contributed by atoms with Crippen molar-refractivity contribution >= 4 is 23.5 Å². The molecule has 1 aliphatic heterocycles. The topological polar surface area (TPSA) is 76.6 Å². The van der Waals surface area contributed by atoms with Crippen molar-refractivity contribution in [2.24, 2.45) is 5.92 Å². The van der Waals surface area contributed by atoms with Crippen LogP contribution in [0.3, 0.4) is 0 Å². The molecule has 1 aliphatic rings. The Bertz CT molecular complexity index is 1820. The number of benzene rings is 3. The van der Waals surface area contributed by atoms with E-state index >= 15 is 0 Å². The first-order valence-electron chi connectivity index (χ1n) is 16.3. The highest BCUT2D eigenvalue weighted by atomic mass is 35.5. The van der Waals surface area contributed by atoms with Crippen molar-refractivity contribution < 1.29 is 53.8 Å². The van der Waals surface area contributed by atoms with Crippen LogP contribution in [0.25, 0.3) is 0 Å². The van der Waals surface area contributed by atoms with Gasteiger partial charge in [0.1, 0.15) is 12.4 Å². The largest absolute Gasteiger partial charge is 0.487 e. The maximum absolute atomic E-state index is 14.0. The van der Waals surface area contributed by atoms with E-state index in [-0.39, 0.29) is 54.8 Å². The number of rotatable bonds is 12. The fourth-order valence-corrected chi connectivity index (χ4v) is 5.94. The van der Waals surface area contributed by atoms with E-state index in [4.69, 9.17) is 21.1 Å². The van der Waals surface area contributed by atoms with Gasteiger partial charge in [-0.05, 0) is 73.0 Å². The predicted octanol–water partition coefficient (Wildman–Crippen LogP) is 9.06. The number of anilines is 1. The smallest absolute Gasteiger partial charge is 0.416 e. The summed E-state index contributed by atoms with van der Waals surface area (Å²) in [6.07, 6.45) is -11.1. The molecule has 17 heteroatoms. The van der Waals surface area contributed by atoms with E-state index in [0.717, 1.165) is 11.0 Å². The maximum atomic E-state index is 14.0. The Labute approximate surface area is 303 Å². The van der Waals surface area contributed by atoms with Gasteiger partial charge in [0.05, 0.1) is 34.2 Å². The van der Waals surface area contributed by atoms with E-state index in [9.17, 15) is 44.3 Å². The lowest BCUT2D eigenvalue weighted by molar-refractivity contribution is -0.149. The second-order valence-corrected chi connectivity index (χ2v) is 12.7. The molecule has 0 atom stereocenters. The van der Waals surface area contributed by atoms with Gasteiger partial charge in [0, 0.05) is 37.5 Å². The number of hydrogen-bond donors (Lipinski definition) is 1. The van der Waals surface area contributed by atoms with Gasteiger partial charge in [-0.2, -0.15) is 39.5 Å². The van der Waals surface area contributed by atoms with Crippen LogP contribution in [0, 0.1) is 5.92 Å². The lowest BCUT2D eigenvalue weighted by Gasteiger charge is -2.26. The molecule has 0 saturated carbocycles. The molecule has 53 heavy (non-hydrogen) atoms. The second-order valence-electron chi connectivity index (χ2n) is 12.3. The predicted molar refractivity (Wildman–Crippen MR) is 176 cm³/mol. The summed E-state index contributed by atoms with van der Waals surface area (Å²) in [5, 5.41) is 2.72. The van der Waals surface area contributed by atoms with E-state index in [1.165, 1.54) is 12.4 Å². The minimum atomic E-state index is -5.15. The molecule has 1 fully saturated rings. The third kappa shape index (κ3) is 11.0. The standard InChI is InChI=1S/C36H32ClF9N4O3/c37-30-16-29(36(44,45)46)14-26(31(30)53-21-22-4-2-1-3-5-22)20-50(19-24-12-27(34(38,39)40)15-28(13-24)35(41,42)43)33-48-17-23(18-49-33)8-11-52-32(51)25-6-9-47-10-7-25/h1-5,12-18,25,47H,6-11,19-21H2. The quantitative estimate of drug-likeness (QED) is 0.114. The molecule has 0 radical (unpaired) electrons. The van der Waals surface area contributed by atoms with Crippen molar-refractivity contribution in [2.75, 3.05) is 24.6 Å². The minimum Gasteiger partial charge on any atom is -0.487 e. The van der Waals surface area contributed by atoms with Gasteiger partial charge >= 0.3 is 24.5 Å². The van der Waals surface area contributed by atoms with Crippen molar-refractivity contribution in [1.82, 2.24) is 15.3 Å². The zero-order valence-electron chi connectivity index (χ0n) is 27.7. The van der Waals surface area contributed by atoms with E-state index in [0.29, 0.717) is 55.3 Å². The molecular formula is C36H32ClF9N4O3. The summed E-state index contributed by atoms with van der Waals surface area (Å²) < 4.78 is 136. The molecule has 1 N–H and O–H groups in total. The SMILES string of the molecule is O=C(OCCc1cnc(N(Cc2cc(C(F)(F)F)cc(C(F)(F)F)c2)Cc2cc(C(F)(F)F)cc(Cl)c2OCc2ccccc2)nc1)C1CCNCC1. The average Bonchev–Trinajstić information content (AvgIpc) is 3.10. The second kappa shape index (κ2) is 16.6. The van der Waals surface area contributed by atoms with Crippen LogP contribution in [0.1, 0.15) is 51.8 Å². The lowest BCUT2D eigenvalue weighted by atomic mass is 9.99. The number of carbonyl (C=O) groups excluding carboxylic acids is 1. The van der Waals surface area contributed by atoms with Gasteiger partial charge < -0.3 is 19.7 Å². The average molecular weight is 775 g/mol. The van der Waals surface area contributed by atoms with E-state index < -0.39 is 58.9 Å². The first kappa shape index (κ1) is 39.6. The maximum Gasteiger partial charge on any atom is 0.416 e. The Balaban J connectivity index is 1.49. The van der Waals surface area contributed by atoms with Gasteiger partial charge in [0.15, 0.2) is 0 Å². The molecule has 1 aromatic heterocycles. The van der Waals surface area contributed by atoms with Crippen molar-refractivity contribution in [3.63, 3.8) is 0 Å². The molecule has 0 unspecified atom stereocenters. The normalized spacial score (nSPS) is 14.2. The van der Waals surface area contributed by atoms with Gasteiger partial charge in [0.25, 0.3) is 0 Å². The van der Waals surface area contributed by atoms with Crippen molar-refractivity contribution in [3.8, 4) is 5.75 Å². The van der Waals surface area contributed by atoms with E-state index in [2.05, 4.69) is 15.3 Å². The number of ether oxygens (including phenoxy) is 2. The van der Waals surface area contributed by atoms with E-state index in [1.807, 2.05) is 0 Å². The summed E-state index contributed by atoms with van der Waals surface area (Å²) in [6.45, 7) is -0.0436. The van der Waals surface area contributed by atoms with E-state index in [1.54, 1.807) is 30.3 Å². The van der Waals surface area contributed by atoms with Gasteiger partial charge in [-0.3, -0.25) is 4.79 Å². The van der Waals surface area contributed by atoms with Crippen LogP contribution >= 0.6 is 11.6 Å². The number of nitrogens with one attached hydrogen (secondary N) is 1. The van der Waals surface area contributed by atoms with Crippen molar-refractivity contribution in [1.29, 1.82) is 0 Å². The number of nitrogens with zero attached hydrogens (tertiary/aromatic N) is 3. The molecule has 0 amide bonds. The summed E-state index contributed by atoms with van der Waals surface area (Å²) >= 11 is 6.32. The molecule has 4 aromatic rings. The number of esters is 1. The van der Waals surface area contributed by atoms with Crippen LogP contribution in [-0.2, 0) is 54.2 Å². The van der Waals surface area contributed by atoms with Gasteiger partial charge in [-0.1, -0.05) is 41.9 Å². The summed E-state index contributed by atoms with van der Waals surface area (Å²) in [4.78, 5) is 22.0. The molecule has 7 nitrogen and oxygen atoms in total. The molecule has 0 spiro atoms. The molecule has 0 bridgehead atoms. The number of piperidine rings is 1. The molecule has 284 valence electrons. The summed E-state index contributed by atoms with van der Waals surface area (Å²) in [7, 11) is 0. The van der Waals surface area contributed by atoms with Crippen LogP contribution in [0.2, 0.25) is 5.02 Å². The summed E-state index contributed by atoms with van der Waals surface area (Å²) in [5.41, 5.74) is -3.89. The van der Waals surface area contributed by atoms with Gasteiger partial charge in [0.2, 0.25) is 5.95 Å². The molecule has 0 aliphatic carbocycles. The van der Waals surface area contributed by atoms with Crippen LogP contribution < -0.4 is 15.0 Å². The minimum absolute atomic E-state index is 0.00944. The van der Waals surface area contributed by atoms with Crippen LogP contribution in [0.4, 0.5) is 45.5 Å².